The number of ether oxygens (including phenoxy) is 2. The SMILES string of the molecule is Cc1c(-c2cn[nH]c2N)cc(Cl)c2c1OCO2. The molecule has 1 aliphatic heterocycles. The third kappa shape index (κ3) is 1.43. The molecule has 6 heteroatoms. The van der Waals surface area contributed by atoms with Gasteiger partial charge in [0, 0.05) is 11.1 Å². The molecule has 0 unspecified atom stereocenters. The molecule has 0 aliphatic carbocycles. The van der Waals surface area contributed by atoms with Gasteiger partial charge in [-0.1, -0.05) is 11.6 Å². The molecule has 0 amide bonds. The van der Waals surface area contributed by atoms with Gasteiger partial charge in [0.25, 0.3) is 0 Å². The lowest BCUT2D eigenvalue weighted by atomic mass is 10.0. The predicted octanol–water partition coefficient (Wildman–Crippen LogP) is 2.35. The van der Waals surface area contributed by atoms with Gasteiger partial charge >= 0.3 is 0 Å². The zero-order valence-electron chi connectivity index (χ0n) is 9.08. The van der Waals surface area contributed by atoms with Crippen molar-refractivity contribution in [3.63, 3.8) is 0 Å². The van der Waals surface area contributed by atoms with E-state index in [0.717, 1.165) is 16.7 Å². The number of fused-ring (bicyclic) bond motifs is 1. The van der Waals surface area contributed by atoms with Crippen molar-refractivity contribution in [1.82, 2.24) is 10.2 Å². The van der Waals surface area contributed by atoms with E-state index in [4.69, 9.17) is 26.8 Å². The van der Waals surface area contributed by atoms with Crippen LogP contribution in [0.15, 0.2) is 12.3 Å². The molecule has 2 heterocycles. The predicted molar refractivity (Wildman–Crippen MR) is 64.3 cm³/mol. The summed E-state index contributed by atoms with van der Waals surface area (Å²) in [6, 6.07) is 1.81. The second-order valence-electron chi connectivity index (χ2n) is 3.79. The highest BCUT2D eigenvalue weighted by Crippen LogP contribution is 2.46. The number of aromatic amines is 1. The van der Waals surface area contributed by atoms with Crippen LogP contribution in [-0.4, -0.2) is 17.0 Å². The van der Waals surface area contributed by atoms with Crippen molar-refractivity contribution in [3.8, 4) is 22.6 Å². The molecule has 2 aromatic rings. The lowest BCUT2D eigenvalue weighted by molar-refractivity contribution is 0.173. The number of halogens is 1. The van der Waals surface area contributed by atoms with Crippen LogP contribution in [0.3, 0.4) is 0 Å². The minimum Gasteiger partial charge on any atom is -0.453 e. The van der Waals surface area contributed by atoms with E-state index in [1.54, 1.807) is 6.20 Å². The normalized spacial score (nSPS) is 13.1. The fraction of sp³-hybridized carbons (Fsp3) is 0.182. The van der Waals surface area contributed by atoms with Gasteiger partial charge in [0.1, 0.15) is 5.82 Å². The number of aromatic nitrogens is 2. The Balaban J connectivity index is 2.26. The number of H-pyrrole nitrogens is 1. The van der Waals surface area contributed by atoms with E-state index in [0.29, 0.717) is 22.3 Å². The summed E-state index contributed by atoms with van der Waals surface area (Å²) in [7, 11) is 0. The molecule has 0 saturated heterocycles. The van der Waals surface area contributed by atoms with Gasteiger partial charge in [-0.3, -0.25) is 5.10 Å². The third-order valence-corrected chi connectivity index (χ3v) is 3.09. The van der Waals surface area contributed by atoms with Gasteiger partial charge in [-0.15, -0.1) is 0 Å². The molecule has 0 fully saturated rings. The Morgan fingerprint density at radius 1 is 1.35 bits per heavy atom. The van der Waals surface area contributed by atoms with E-state index >= 15 is 0 Å². The standard InChI is InChI=1S/C11H10ClN3O2/c1-5-6(7-3-14-15-11(7)13)2-8(12)10-9(5)16-4-17-10/h2-3H,4H2,1H3,(H3,13,14,15). The Labute approximate surface area is 102 Å². The smallest absolute Gasteiger partial charge is 0.231 e. The van der Waals surface area contributed by atoms with Crippen molar-refractivity contribution in [2.24, 2.45) is 0 Å². The molecule has 17 heavy (non-hydrogen) atoms. The van der Waals surface area contributed by atoms with Crippen LogP contribution in [0.5, 0.6) is 11.5 Å². The number of nitrogens with one attached hydrogen (secondary N) is 1. The van der Waals surface area contributed by atoms with Gasteiger partial charge in [0.2, 0.25) is 6.79 Å². The first-order valence-corrected chi connectivity index (χ1v) is 5.44. The maximum atomic E-state index is 6.14. The fourth-order valence-corrected chi connectivity index (χ4v) is 2.20. The summed E-state index contributed by atoms with van der Waals surface area (Å²) < 4.78 is 10.7. The van der Waals surface area contributed by atoms with Crippen molar-refractivity contribution in [3.05, 3.63) is 22.8 Å². The van der Waals surface area contributed by atoms with Crippen LogP contribution in [-0.2, 0) is 0 Å². The number of hydrogen-bond donors (Lipinski definition) is 2. The summed E-state index contributed by atoms with van der Waals surface area (Å²) in [5.41, 5.74) is 8.45. The van der Waals surface area contributed by atoms with Crippen molar-refractivity contribution in [1.29, 1.82) is 0 Å². The quantitative estimate of drug-likeness (QED) is 0.816. The van der Waals surface area contributed by atoms with E-state index < -0.39 is 0 Å². The number of nitrogens with two attached hydrogens (primary N) is 1. The van der Waals surface area contributed by atoms with Crippen LogP contribution in [0.4, 0.5) is 5.82 Å². The molecule has 0 atom stereocenters. The topological polar surface area (TPSA) is 73.2 Å². The summed E-state index contributed by atoms with van der Waals surface area (Å²) >= 11 is 6.14. The van der Waals surface area contributed by atoms with Crippen molar-refractivity contribution >= 4 is 17.4 Å². The molecule has 1 aliphatic rings. The highest BCUT2D eigenvalue weighted by Gasteiger charge is 2.23. The number of nitrogens with zero attached hydrogens (tertiary/aromatic N) is 1. The zero-order valence-corrected chi connectivity index (χ0v) is 9.84. The Kier molecular flexibility index (Phi) is 2.16. The Bertz CT molecular complexity index is 595. The molecular weight excluding hydrogens is 242 g/mol. The van der Waals surface area contributed by atoms with Crippen molar-refractivity contribution < 1.29 is 9.47 Å². The van der Waals surface area contributed by atoms with E-state index in [9.17, 15) is 0 Å². The first-order valence-electron chi connectivity index (χ1n) is 5.06. The molecule has 1 aromatic heterocycles. The zero-order chi connectivity index (χ0) is 12.0. The van der Waals surface area contributed by atoms with Crippen LogP contribution < -0.4 is 15.2 Å². The van der Waals surface area contributed by atoms with Gasteiger partial charge in [0.15, 0.2) is 11.5 Å². The molecule has 3 N–H and O–H groups in total. The molecule has 0 radical (unpaired) electrons. The number of nitrogen functional groups attached to an aromatic ring is 1. The monoisotopic (exact) mass is 251 g/mol. The molecule has 0 saturated carbocycles. The Morgan fingerprint density at radius 3 is 2.82 bits per heavy atom. The fourth-order valence-electron chi connectivity index (χ4n) is 1.95. The van der Waals surface area contributed by atoms with Crippen LogP contribution in [0.2, 0.25) is 5.02 Å². The minimum absolute atomic E-state index is 0.195. The molecule has 3 rings (SSSR count). The van der Waals surface area contributed by atoms with E-state index in [1.165, 1.54) is 0 Å². The average Bonchev–Trinajstić information content (AvgIpc) is 2.92. The minimum atomic E-state index is 0.195. The molecule has 0 spiro atoms. The van der Waals surface area contributed by atoms with Crippen LogP contribution in [0.25, 0.3) is 11.1 Å². The largest absolute Gasteiger partial charge is 0.453 e. The van der Waals surface area contributed by atoms with Gasteiger partial charge in [-0.2, -0.15) is 5.10 Å². The lowest BCUT2D eigenvalue weighted by Gasteiger charge is -2.09. The van der Waals surface area contributed by atoms with Crippen LogP contribution >= 0.6 is 11.6 Å². The summed E-state index contributed by atoms with van der Waals surface area (Å²) in [6.45, 7) is 2.13. The molecule has 0 bridgehead atoms. The lowest BCUT2D eigenvalue weighted by Crippen LogP contribution is -1.94. The highest BCUT2D eigenvalue weighted by atomic mass is 35.5. The second-order valence-corrected chi connectivity index (χ2v) is 4.20. The molecule has 1 aromatic carbocycles. The summed E-state index contributed by atoms with van der Waals surface area (Å²) in [5.74, 6) is 1.77. The van der Waals surface area contributed by atoms with Gasteiger partial charge in [-0.05, 0) is 18.6 Å². The second kappa shape index (κ2) is 3.56. The maximum Gasteiger partial charge on any atom is 0.231 e. The Morgan fingerprint density at radius 2 is 2.12 bits per heavy atom. The van der Waals surface area contributed by atoms with Crippen LogP contribution in [0.1, 0.15) is 5.56 Å². The van der Waals surface area contributed by atoms with Crippen molar-refractivity contribution in [2.75, 3.05) is 12.5 Å². The van der Waals surface area contributed by atoms with E-state index in [-0.39, 0.29) is 6.79 Å². The van der Waals surface area contributed by atoms with Gasteiger partial charge in [-0.25, -0.2) is 0 Å². The first-order chi connectivity index (χ1) is 8.18. The third-order valence-electron chi connectivity index (χ3n) is 2.80. The number of anilines is 1. The van der Waals surface area contributed by atoms with Crippen molar-refractivity contribution in [2.45, 2.75) is 6.92 Å². The van der Waals surface area contributed by atoms with Gasteiger partial charge < -0.3 is 15.2 Å². The van der Waals surface area contributed by atoms with E-state index in [1.807, 2.05) is 13.0 Å². The first kappa shape index (κ1) is 10.3. The van der Waals surface area contributed by atoms with E-state index in [2.05, 4.69) is 10.2 Å². The molecule has 5 nitrogen and oxygen atoms in total. The average molecular weight is 252 g/mol. The number of benzene rings is 1. The Hall–Kier alpha value is -1.88. The molecular formula is C11H10ClN3O2. The molecule has 88 valence electrons. The number of hydrogen-bond acceptors (Lipinski definition) is 4. The number of rotatable bonds is 1. The summed E-state index contributed by atoms with van der Waals surface area (Å²) in [6.07, 6.45) is 1.66. The van der Waals surface area contributed by atoms with Gasteiger partial charge in [0.05, 0.1) is 11.2 Å². The van der Waals surface area contributed by atoms with Crippen LogP contribution in [0, 0.1) is 6.92 Å². The highest BCUT2D eigenvalue weighted by molar-refractivity contribution is 6.32. The maximum absolute atomic E-state index is 6.14. The summed E-state index contributed by atoms with van der Waals surface area (Å²) in [5, 5.41) is 7.10. The summed E-state index contributed by atoms with van der Waals surface area (Å²) in [4.78, 5) is 0.